The van der Waals surface area contributed by atoms with Crippen LogP contribution in [0.3, 0.4) is 0 Å². The van der Waals surface area contributed by atoms with Crippen LogP contribution < -0.4 is 4.70 Å². The monoisotopic (exact) mass is 72.0 g/mol. The standard InChI is InChI=1S/C3H3N.FH/c1-2-3-4;/h2H,1H2;1H/p-1. The van der Waals surface area contributed by atoms with E-state index in [2.05, 4.69) is 6.58 Å². The normalized spacial score (nSPS) is 3.00. The van der Waals surface area contributed by atoms with Gasteiger partial charge in [0.15, 0.2) is 0 Å². The van der Waals surface area contributed by atoms with Gasteiger partial charge in [0.25, 0.3) is 0 Å². The molecule has 0 aromatic carbocycles. The number of hydrogen-bond donors (Lipinski definition) is 0. The van der Waals surface area contributed by atoms with Gasteiger partial charge in [-0.1, -0.05) is 6.58 Å². The van der Waals surface area contributed by atoms with Crippen LogP contribution in [-0.2, 0) is 0 Å². The Morgan fingerprint density at radius 1 is 1.80 bits per heavy atom. The maximum Gasteiger partial charge on any atom is 0.0905 e. The van der Waals surface area contributed by atoms with Gasteiger partial charge in [0.1, 0.15) is 0 Å². The van der Waals surface area contributed by atoms with Gasteiger partial charge in [0, 0.05) is 6.08 Å². The van der Waals surface area contributed by atoms with Gasteiger partial charge in [-0.3, -0.25) is 0 Å². The summed E-state index contributed by atoms with van der Waals surface area (Å²) in [4.78, 5) is 0. The van der Waals surface area contributed by atoms with Crippen LogP contribution in [0, 0.1) is 11.3 Å². The van der Waals surface area contributed by atoms with Crippen LogP contribution in [0.2, 0.25) is 0 Å². The van der Waals surface area contributed by atoms with Gasteiger partial charge in [0.05, 0.1) is 6.07 Å². The molecule has 0 radical (unpaired) electrons. The molecule has 1 nitrogen and oxygen atoms in total. The van der Waals surface area contributed by atoms with Gasteiger partial charge in [-0.25, -0.2) is 0 Å². The Hall–Kier alpha value is -0.840. The molecule has 28 valence electrons. The Morgan fingerprint density at radius 2 is 2.00 bits per heavy atom. The Morgan fingerprint density at radius 3 is 2.00 bits per heavy atom. The van der Waals surface area contributed by atoms with Gasteiger partial charge in [-0.15, -0.1) is 0 Å². The number of nitriles is 1. The number of rotatable bonds is 0. The molecular formula is C3H3FN-. The summed E-state index contributed by atoms with van der Waals surface area (Å²) in [6, 6.07) is 1.69. The molecule has 0 fully saturated rings. The van der Waals surface area contributed by atoms with Crippen LogP contribution in [0.4, 0.5) is 0 Å². The molecular weight excluding hydrogens is 69.0 g/mol. The number of hydrogen-bond acceptors (Lipinski definition) is 1. The first-order valence-electron chi connectivity index (χ1n) is 0.921. The molecule has 0 saturated carbocycles. The van der Waals surface area contributed by atoms with E-state index in [-0.39, 0.29) is 4.70 Å². The Labute approximate surface area is 29.9 Å². The summed E-state index contributed by atoms with van der Waals surface area (Å²) in [5.74, 6) is 0. The van der Waals surface area contributed by atoms with Crippen LogP contribution in [-0.4, -0.2) is 0 Å². The topological polar surface area (TPSA) is 23.8 Å². The zero-order chi connectivity index (χ0) is 3.41. The highest BCUT2D eigenvalue weighted by Crippen LogP contribution is 1.41. The quantitative estimate of drug-likeness (QED) is 0.295. The summed E-state index contributed by atoms with van der Waals surface area (Å²) in [6.45, 7) is 3.12. The van der Waals surface area contributed by atoms with E-state index >= 15 is 0 Å². The van der Waals surface area contributed by atoms with E-state index in [1.807, 2.05) is 0 Å². The molecule has 0 spiro atoms. The first-order chi connectivity index (χ1) is 1.91. The average Bonchev–Trinajstić information content (AvgIpc) is 1.37. The van der Waals surface area contributed by atoms with Crippen molar-refractivity contribution in [3.8, 4) is 6.07 Å². The predicted molar refractivity (Wildman–Crippen MR) is 15.8 cm³/mol. The summed E-state index contributed by atoms with van der Waals surface area (Å²) in [6.07, 6.45) is 1.18. The third-order valence-electron chi connectivity index (χ3n) is 0.0913. The maximum absolute atomic E-state index is 7.51. The van der Waals surface area contributed by atoms with E-state index in [1.165, 1.54) is 6.08 Å². The van der Waals surface area contributed by atoms with Gasteiger partial charge in [-0.05, 0) is 0 Å². The Balaban J connectivity index is 0. The van der Waals surface area contributed by atoms with Crippen LogP contribution >= 0.6 is 0 Å². The summed E-state index contributed by atoms with van der Waals surface area (Å²) in [5, 5.41) is 7.51. The SMILES string of the molecule is C=CC#N.[F-]. The molecule has 0 bridgehead atoms. The molecule has 0 aromatic heterocycles. The van der Waals surface area contributed by atoms with Crippen molar-refractivity contribution in [2.24, 2.45) is 0 Å². The van der Waals surface area contributed by atoms with Crippen molar-refractivity contribution in [2.45, 2.75) is 0 Å². The lowest BCUT2D eigenvalue weighted by atomic mass is 10.8. The van der Waals surface area contributed by atoms with Crippen molar-refractivity contribution in [2.75, 3.05) is 0 Å². The third kappa shape index (κ3) is 166. The zero-order valence-corrected chi connectivity index (χ0v) is 2.61. The zero-order valence-electron chi connectivity index (χ0n) is 2.61. The van der Waals surface area contributed by atoms with Crippen LogP contribution in [0.1, 0.15) is 0 Å². The molecule has 0 atom stereocenters. The van der Waals surface area contributed by atoms with E-state index in [0.717, 1.165) is 0 Å². The first-order valence-corrected chi connectivity index (χ1v) is 0.921. The highest BCUT2D eigenvalue weighted by atomic mass is 19.0. The predicted octanol–water partition coefficient (Wildman–Crippen LogP) is -2.30. The van der Waals surface area contributed by atoms with Crippen molar-refractivity contribution in [3.63, 3.8) is 0 Å². The fraction of sp³-hybridized carbons (Fsp3) is 0. The summed E-state index contributed by atoms with van der Waals surface area (Å²) >= 11 is 0. The summed E-state index contributed by atoms with van der Waals surface area (Å²) < 4.78 is 0. The van der Waals surface area contributed by atoms with Gasteiger partial charge in [0.2, 0.25) is 0 Å². The van der Waals surface area contributed by atoms with E-state index in [0.29, 0.717) is 0 Å². The molecule has 0 unspecified atom stereocenters. The second-order valence-corrected chi connectivity index (χ2v) is 0.333. The summed E-state index contributed by atoms with van der Waals surface area (Å²) in [7, 11) is 0. The minimum atomic E-state index is 0. The molecule has 5 heavy (non-hydrogen) atoms. The minimum Gasteiger partial charge on any atom is -1.00 e. The molecule has 0 saturated heterocycles. The number of allylic oxidation sites excluding steroid dienone is 1. The number of halogens is 1. The second-order valence-electron chi connectivity index (χ2n) is 0.333. The second kappa shape index (κ2) is 11.0. The van der Waals surface area contributed by atoms with Crippen molar-refractivity contribution in [3.05, 3.63) is 12.7 Å². The van der Waals surface area contributed by atoms with Crippen LogP contribution in [0.5, 0.6) is 0 Å². The fourth-order valence-electron chi connectivity index (χ4n) is 0. The number of nitrogens with zero attached hydrogens (tertiary/aromatic N) is 1. The highest BCUT2D eigenvalue weighted by molar-refractivity contribution is 4.93. The Kier molecular flexibility index (Phi) is 19.5. The molecule has 0 aliphatic heterocycles. The van der Waals surface area contributed by atoms with Crippen molar-refractivity contribution in [1.29, 1.82) is 5.26 Å². The van der Waals surface area contributed by atoms with E-state index < -0.39 is 0 Å². The van der Waals surface area contributed by atoms with E-state index in [9.17, 15) is 0 Å². The molecule has 0 heterocycles. The molecule has 0 rings (SSSR count). The van der Waals surface area contributed by atoms with Gasteiger partial charge >= 0.3 is 0 Å². The van der Waals surface area contributed by atoms with Gasteiger partial charge < -0.3 is 4.70 Å². The third-order valence-corrected chi connectivity index (χ3v) is 0.0913. The highest BCUT2D eigenvalue weighted by Gasteiger charge is 1.34. The lowest BCUT2D eigenvalue weighted by Gasteiger charge is -1.31. The van der Waals surface area contributed by atoms with E-state index in [4.69, 9.17) is 5.26 Å². The van der Waals surface area contributed by atoms with Crippen molar-refractivity contribution in [1.82, 2.24) is 0 Å². The average molecular weight is 72.1 g/mol. The Bertz CT molecular complexity index is 52.4. The largest absolute Gasteiger partial charge is 1.00 e. The minimum absolute atomic E-state index is 0. The van der Waals surface area contributed by atoms with E-state index in [1.54, 1.807) is 6.07 Å². The van der Waals surface area contributed by atoms with Crippen LogP contribution in [0.25, 0.3) is 0 Å². The molecule has 0 aliphatic rings. The molecule has 0 N–H and O–H groups in total. The molecule has 2 heteroatoms. The van der Waals surface area contributed by atoms with Crippen molar-refractivity contribution >= 4 is 0 Å². The first kappa shape index (κ1) is 8.90. The molecule has 0 amide bonds. The fourth-order valence-corrected chi connectivity index (χ4v) is 0. The molecule has 0 aliphatic carbocycles. The van der Waals surface area contributed by atoms with Gasteiger partial charge in [-0.2, -0.15) is 5.26 Å². The lowest BCUT2D eigenvalue weighted by molar-refractivity contribution is -0.00000111. The maximum atomic E-state index is 7.51. The molecule has 0 aromatic rings. The summed E-state index contributed by atoms with van der Waals surface area (Å²) in [5.41, 5.74) is 0. The van der Waals surface area contributed by atoms with Crippen molar-refractivity contribution < 1.29 is 4.70 Å². The smallest absolute Gasteiger partial charge is 0.0905 e. The lowest BCUT2D eigenvalue weighted by Crippen LogP contribution is -3.00. The van der Waals surface area contributed by atoms with Crippen LogP contribution in [0.15, 0.2) is 12.7 Å².